The van der Waals surface area contributed by atoms with Crippen LogP contribution in [-0.4, -0.2) is 29.0 Å². The highest BCUT2D eigenvalue weighted by molar-refractivity contribution is 5.92. The highest BCUT2D eigenvalue weighted by Crippen LogP contribution is 2.40. The summed E-state index contributed by atoms with van der Waals surface area (Å²) in [5.74, 6) is -0.0404. The number of aliphatic imine (C=N–C) groups is 1. The zero-order chi connectivity index (χ0) is 18.0. The molecular formula is C18H19N7. The van der Waals surface area contributed by atoms with Crippen LogP contribution >= 0.6 is 0 Å². The fourth-order valence-corrected chi connectivity index (χ4v) is 3.23. The summed E-state index contributed by atoms with van der Waals surface area (Å²) in [5.41, 5.74) is 9.30. The zero-order valence-corrected chi connectivity index (χ0v) is 14.2. The summed E-state index contributed by atoms with van der Waals surface area (Å²) in [6.45, 7) is 12.3. The van der Waals surface area contributed by atoms with Gasteiger partial charge in [0.05, 0.1) is 24.1 Å². The maximum Gasteiger partial charge on any atom is 0.195 e. The number of aromatic amines is 1. The Morgan fingerprint density at radius 1 is 1.44 bits per heavy atom. The third-order valence-electron chi connectivity index (χ3n) is 4.44. The summed E-state index contributed by atoms with van der Waals surface area (Å²) >= 11 is 0. The number of allylic oxidation sites excluding steroid dienone is 2. The van der Waals surface area contributed by atoms with Gasteiger partial charge >= 0.3 is 0 Å². The molecule has 4 N–H and O–H groups in total. The van der Waals surface area contributed by atoms with Crippen LogP contribution in [0, 0.1) is 23.8 Å². The van der Waals surface area contributed by atoms with Gasteiger partial charge in [0.25, 0.3) is 0 Å². The number of nitrogens with one attached hydrogen (secondary N) is 2. The first-order valence-electron chi connectivity index (χ1n) is 8.05. The molecule has 126 valence electrons. The van der Waals surface area contributed by atoms with E-state index in [-0.39, 0.29) is 5.92 Å². The van der Waals surface area contributed by atoms with Crippen LogP contribution in [0.15, 0.2) is 34.6 Å². The number of benzene rings is 1. The third kappa shape index (κ3) is 2.86. The molecule has 2 heterocycles. The number of aromatic nitrogens is 2. The number of H-pyrrole nitrogens is 1. The lowest BCUT2D eigenvalue weighted by Crippen LogP contribution is -2.24. The topological polar surface area (TPSA) is 107 Å². The van der Waals surface area contributed by atoms with Crippen molar-refractivity contribution in [3.63, 3.8) is 0 Å². The molecule has 1 aliphatic rings. The summed E-state index contributed by atoms with van der Waals surface area (Å²) in [4.78, 5) is 8.06. The standard InChI is InChI=1S/C18H19N7/c1-10-14(9-20)16(17(21-3)11(2)23-10)12-4-5-15-13(8-12)18(25-24-15)22-7-6-19/h4-5,8,14,16H,6-7,19H2,1-2H3,(H2,22,24,25). The molecule has 25 heavy (non-hydrogen) atoms. The molecule has 0 fully saturated rings. The first-order valence-corrected chi connectivity index (χ1v) is 8.05. The number of fused-ring (bicyclic) bond motifs is 1. The second kappa shape index (κ2) is 6.76. The fraction of sp³-hybridized carbons (Fsp3) is 0.333. The van der Waals surface area contributed by atoms with E-state index in [1.807, 2.05) is 32.0 Å². The third-order valence-corrected chi connectivity index (χ3v) is 4.44. The minimum absolute atomic E-state index is 0.318. The van der Waals surface area contributed by atoms with Crippen molar-refractivity contribution in [2.75, 3.05) is 18.4 Å². The van der Waals surface area contributed by atoms with Crippen molar-refractivity contribution in [2.45, 2.75) is 19.8 Å². The number of hydrogen-bond acceptors (Lipinski definition) is 5. The Hall–Kier alpha value is -3.16. The Morgan fingerprint density at radius 3 is 2.92 bits per heavy atom. The van der Waals surface area contributed by atoms with Crippen LogP contribution in [0.4, 0.5) is 5.82 Å². The average Bonchev–Trinajstić information content (AvgIpc) is 3.01. The smallest absolute Gasteiger partial charge is 0.195 e. The van der Waals surface area contributed by atoms with Crippen LogP contribution in [-0.2, 0) is 0 Å². The van der Waals surface area contributed by atoms with Crippen molar-refractivity contribution in [1.29, 1.82) is 5.26 Å². The Morgan fingerprint density at radius 2 is 2.24 bits per heavy atom. The molecule has 1 aromatic carbocycles. The van der Waals surface area contributed by atoms with Gasteiger partial charge in [0, 0.05) is 35.8 Å². The number of nitriles is 1. The van der Waals surface area contributed by atoms with E-state index in [9.17, 15) is 5.26 Å². The van der Waals surface area contributed by atoms with Gasteiger partial charge in [-0.1, -0.05) is 6.07 Å². The van der Waals surface area contributed by atoms with Crippen LogP contribution in [0.1, 0.15) is 25.3 Å². The Bertz CT molecular complexity index is 952. The van der Waals surface area contributed by atoms with E-state index < -0.39 is 5.92 Å². The summed E-state index contributed by atoms with van der Waals surface area (Å²) in [7, 11) is 0. The van der Waals surface area contributed by atoms with Gasteiger partial charge in [-0.2, -0.15) is 10.4 Å². The minimum Gasteiger partial charge on any atom is -0.367 e. The summed E-state index contributed by atoms with van der Waals surface area (Å²) in [5, 5.41) is 21.0. The normalized spacial score (nSPS) is 20.1. The van der Waals surface area contributed by atoms with Crippen molar-refractivity contribution >= 4 is 22.4 Å². The predicted molar refractivity (Wildman–Crippen MR) is 97.9 cm³/mol. The molecule has 1 aliphatic heterocycles. The molecule has 0 aliphatic carbocycles. The monoisotopic (exact) mass is 333 g/mol. The highest BCUT2D eigenvalue weighted by atomic mass is 15.2. The molecule has 7 nitrogen and oxygen atoms in total. The Labute approximate surface area is 146 Å². The van der Waals surface area contributed by atoms with Crippen LogP contribution < -0.4 is 11.1 Å². The van der Waals surface area contributed by atoms with Crippen LogP contribution in [0.25, 0.3) is 15.7 Å². The van der Waals surface area contributed by atoms with Gasteiger partial charge in [0.2, 0.25) is 0 Å². The van der Waals surface area contributed by atoms with Gasteiger partial charge in [-0.05, 0) is 31.5 Å². The highest BCUT2D eigenvalue weighted by Gasteiger charge is 2.34. The van der Waals surface area contributed by atoms with E-state index in [1.165, 1.54) is 0 Å². The molecule has 0 spiro atoms. The second-order valence-corrected chi connectivity index (χ2v) is 6.01. The summed E-state index contributed by atoms with van der Waals surface area (Å²) in [6.07, 6.45) is 0. The quantitative estimate of drug-likeness (QED) is 0.748. The first-order chi connectivity index (χ1) is 12.1. The number of rotatable bonds is 4. The van der Waals surface area contributed by atoms with Crippen LogP contribution in [0.2, 0.25) is 0 Å². The molecule has 7 heteroatoms. The molecule has 0 saturated carbocycles. The molecule has 2 aromatic rings. The van der Waals surface area contributed by atoms with Gasteiger partial charge in [0.15, 0.2) is 11.5 Å². The van der Waals surface area contributed by atoms with Gasteiger partial charge < -0.3 is 11.1 Å². The van der Waals surface area contributed by atoms with Crippen molar-refractivity contribution in [3.05, 3.63) is 46.6 Å². The van der Waals surface area contributed by atoms with Crippen LogP contribution in [0.5, 0.6) is 0 Å². The maximum absolute atomic E-state index is 9.64. The molecule has 1 aromatic heterocycles. The van der Waals surface area contributed by atoms with Gasteiger partial charge in [-0.3, -0.25) is 10.1 Å². The first kappa shape index (κ1) is 16.7. The SMILES string of the molecule is [C-]#[N+]C1=C(C)N=C(C)C(C#N)C1c1ccc2[nH]nc(NCCN)c2c1. The molecule has 0 saturated heterocycles. The molecule has 0 amide bonds. The second-order valence-electron chi connectivity index (χ2n) is 6.01. The number of nitrogens with two attached hydrogens (primary N) is 1. The maximum atomic E-state index is 9.64. The van der Waals surface area contributed by atoms with Gasteiger partial charge in [0.1, 0.15) is 0 Å². The van der Waals surface area contributed by atoms with Gasteiger partial charge in [-0.25, -0.2) is 4.85 Å². The average molecular weight is 333 g/mol. The van der Waals surface area contributed by atoms with E-state index in [1.54, 1.807) is 0 Å². The largest absolute Gasteiger partial charge is 0.367 e. The summed E-state index contributed by atoms with van der Waals surface area (Å²) < 4.78 is 0. The molecule has 2 unspecified atom stereocenters. The zero-order valence-electron chi connectivity index (χ0n) is 14.2. The van der Waals surface area contributed by atoms with E-state index in [4.69, 9.17) is 12.3 Å². The lowest BCUT2D eigenvalue weighted by Gasteiger charge is -2.26. The van der Waals surface area contributed by atoms with Crippen LogP contribution in [0.3, 0.4) is 0 Å². The van der Waals surface area contributed by atoms with Crippen molar-refractivity contribution < 1.29 is 0 Å². The molecule has 2 atom stereocenters. The van der Waals surface area contributed by atoms with Crippen molar-refractivity contribution in [3.8, 4) is 6.07 Å². The number of anilines is 1. The van der Waals surface area contributed by atoms with E-state index >= 15 is 0 Å². The lowest BCUT2D eigenvalue weighted by atomic mass is 9.79. The molecule has 3 rings (SSSR count). The molecular weight excluding hydrogens is 314 g/mol. The number of nitrogens with zero attached hydrogens (tertiary/aromatic N) is 4. The van der Waals surface area contributed by atoms with Crippen molar-refractivity contribution in [2.24, 2.45) is 16.6 Å². The Balaban J connectivity index is 2.12. The van der Waals surface area contributed by atoms with Gasteiger partial charge in [-0.15, -0.1) is 0 Å². The molecule has 0 bridgehead atoms. The van der Waals surface area contributed by atoms with E-state index in [2.05, 4.69) is 31.4 Å². The van der Waals surface area contributed by atoms with E-state index in [0.717, 1.165) is 28.0 Å². The Kier molecular flexibility index (Phi) is 4.51. The lowest BCUT2D eigenvalue weighted by molar-refractivity contribution is 0.700. The fourth-order valence-electron chi connectivity index (χ4n) is 3.23. The van der Waals surface area contributed by atoms with E-state index in [0.29, 0.717) is 24.5 Å². The molecule has 0 radical (unpaired) electrons. The summed E-state index contributed by atoms with van der Waals surface area (Å²) in [6, 6.07) is 8.18. The predicted octanol–water partition coefficient (Wildman–Crippen LogP) is 2.78. The van der Waals surface area contributed by atoms with Crippen molar-refractivity contribution in [1.82, 2.24) is 10.2 Å². The minimum atomic E-state index is -0.447. The number of hydrogen-bond donors (Lipinski definition) is 3.